The Hall–Kier alpha value is -1.98. The number of hydrogen-bond acceptors (Lipinski definition) is 1. The minimum atomic E-state index is -4.37. The van der Waals surface area contributed by atoms with Gasteiger partial charge in [0, 0.05) is 23.6 Å². The molecule has 1 fully saturated rings. The third kappa shape index (κ3) is 2.50. The molecule has 3 rings (SSSR count). The van der Waals surface area contributed by atoms with Gasteiger partial charge < -0.3 is 9.88 Å². The number of amides is 1. The molecule has 3 nitrogen and oxygen atoms in total. The van der Waals surface area contributed by atoms with Crippen molar-refractivity contribution in [1.29, 1.82) is 0 Å². The lowest BCUT2D eigenvalue weighted by Crippen LogP contribution is -2.51. The molecule has 1 aliphatic heterocycles. The molecule has 0 bridgehead atoms. The number of halogens is 3. The van der Waals surface area contributed by atoms with E-state index in [0.717, 1.165) is 10.4 Å². The lowest BCUT2D eigenvalue weighted by atomic mass is 10.00. The number of carbonyl (C=O) groups is 1. The van der Waals surface area contributed by atoms with Crippen LogP contribution in [0.2, 0.25) is 0 Å². The molecular formula is C15H15F3N2O. The number of carbonyl (C=O) groups excluding carboxylic acids is 1. The van der Waals surface area contributed by atoms with E-state index in [1.165, 1.54) is 6.20 Å². The second-order valence-corrected chi connectivity index (χ2v) is 5.30. The predicted molar refractivity (Wildman–Crippen MR) is 73.0 cm³/mol. The molecule has 1 atom stereocenters. The number of piperidine rings is 1. The van der Waals surface area contributed by atoms with Crippen molar-refractivity contribution in [3.05, 3.63) is 36.0 Å². The minimum Gasteiger partial charge on any atom is -0.360 e. The molecule has 2 heterocycles. The fourth-order valence-electron chi connectivity index (χ4n) is 2.92. The molecule has 1 aromatic heterocycles. The van der Waals surface area contributed by atoms with E-state index in [9.17, 15) is 18.0 Å². The molecule has 0 saturated carbocycles. The average Bonchev–Trinajstić information content (AvgIpc) is 2.89. The number of rotatable bonds is 1. The first-order valence-electron chi connectivity index (χ1n) is 6.92. The lowest BCUT2D eigenvalue weighted by molar-refractivity contribution is -0.183. The Morgan fingerprint density at radius 2 is 2.00 bits per heavy atom. The van der Waals surface area contributed by atoms with Gasteiger partial charge in [0.05, 0.1) is 5.56 Å². The van der Waals surface area contributed by atoms with Crippen LogP contribution in [0.15, 0.2) is 30.5 Å². The van der Waals surface area contributed by atoms with E-state index in [0.29, 0.717) is 23.8 Å². The lowest BCUT2D eigenvalue weighted by Gasteiger charge is -2.36. The van der Waals surface area contributed by atoms with Gasteiger partial charge in [0.25, 0.3) is 5.91 Å². The molecule has 1 unspecified atom stereocenters. The maximum Gasteiger partial charge on any atom is 0.408 e. The fraction of sp³-hybridized carbons (Fsp3) is 0.400. The van der Waals surface area contributed by atoms with Gasteiger partial charge in [-0.25, -0.2) is 0 Å². The standard InChI is InChI=1S/C15H15F3N2O/c16-15(17,18)13-7-3-4-8-20(13)14(21)11-9-19-12-6-2-1-5-10(11)12/h1-2,5-6,9,13,19H,3-4,7-8H2. The van der Waals surface area contributed by atoms with Crippen LogP contribution in [-0.2, 0) is 0 Å². The Morgan fingerprint density at radius 1 is 1.24 bits per heavy atom. The molecule has 1 N–H and O–H groups in total. The second-order valence-electron chi connectivity index (χ2n) is 5.30. The van der Waals surface area contributed by atoms with Gasteiger partial charge in [-0.1, -0.05) is 18.2 Å². The molecule has 1 amide bonds. The molecule has 0 aliphatic carbocycles. The Labute approximate surface area is 119 Å². The molecule has 1 saturated heterocycles. The number of alkyl halides is 3. The van der Waals surface area contributed by atoms with Gasteiger partial charge in [-0.3, -0.25) is 4.79 Å². The number of benzene rings is 1. The number of fused-ring (bicyclic) bond motifs is 1. The van der Waals surface area contributed by atoms with E-state index in [1.807, 2.05) is 6.07 Å². The van der Waals surface area contributed by atoms with Gasteiger partial charge in [-0.2, -0.15) is 13.2 Å². The first-order valence-corrected chi connectivity index (χ1v) is 6.92. The third-order valence-electron chi connectivity index (χ3n) is 3.96. The topological polar surface area (TPSA) is 36.1 Å². The Kier molecular flexibility index (Phi) is 3.39. The maximum absolute atomic E-state index is 13.1. The van der Waals surface area contributed by atoms with E-state index < -0.39 is 18.1 Å². The van der Waals surface area contributed by atoms with Crippen molar-refractivity contribution in [2.45, 2.75) is 31.5 Å². The summed E-state index contributed by atoms with van der Waals surface area (Å²) < 4.78 is 39.3. The van der Waals surface area contributed by atoms with Crippen LogP contribution in [0, 0.1) is 0 Å². The predicted octanol–water partition coefficient (Wildman–Crippen LogP) is 3.72. The summed E-state index contributed by atoms with van der Waals surface area (Å²) in [6.45, 7) is 0.155. The number of hydrogen-bond donors (Lipinski definition) is 1. The molecule has 1 aromatic carbocycles. The van der Waals surface area contributed by atoms with Crippen LogP contribution in [0.5, 0.6) is 0 Å². The Bertz CT molecular complexity index is 662. The first-order chi connectivity index (χ1) is 9.98. The van der Waals surface area contributed by atoms with Crippen LogP contribution in [0.4, 0.5) is 13.2 Å². The monoisotopic (exact) mass is 296 g/mol. The van der Waals surface area contributed by atoms with E-state index in [-0.39, 0.29) is 13.0 Å². The summed E-state index contributed by atoms with van der Waals surface area (Å²) in [5, 5.41) is 0.661. The fourth-order valence-corrected chi connectivity index (χ4v) is 2.92. The summed E-state index contributed by atoms with van der Waals surface area (Å²) in [6, 6.07) is 5.44. The van der Waals surface area contributed by atoms with Crippen molar-refractivity contribution in [3.63, 3.8) is 0 Å². The van der Waals surface area contributed by atoms with Gasteiger partial charge in [0.15, 0.2) is 0 Å². The molecule has 112 valence electrons. The van der Waals surface area contributed by atoms with Gasteiger partial charge in [0.1, 0.15) is 6.04 Å². The highest BCUT2D eigenvalue weighted by Crippen LogP contribution is 2.33. The number of aromatic nitrogens is 1. The van der Waals surface area contributed by atoms with E-state index >= 15 is 0 Å². The van der Waals surface area contributed by atoms with Gasteiger partial charge >= 0.3 is 6.18 Å². The van der Waals surface area contributed by atoms with Crippen molar-refractivity contribution in [3.8, 4) is 0 Å². The number of H-pyrrole nitrogens is 1. The number of nitrogens with one attached hydrogen (secondary N) is 1. The van der Waals surface area contributed by atoms with Crippen LogP contribution in [0.1, 0.15) is 29.6 Å². The first kappa shape index (κ1) is 14.0. The molecule has 0 radical (unpaired) electrons. The van der Waals surface area contributed by atoms with Crippen LogP contribution in [0.3, 0.4) is 0 Å². The van der Waals surface area contributed by atoms with Crippen LogP contribution >= 0.6 is 0 Å². The number of likely N-dealkylation sites (tertiary alicyclic amines) is 1. The van der Waals surface area contributed by atoms with E-state index in [2.05, 4.69) is 4.98 Å². The smallest absolute Gasteiger partial charge is 0.360 e. The summed E-state index contributed by atoms with van der Waals surface area (Å²) in [7, 11) is 0. The highest BCUT2D eigenvalue weighted by molar-refractivity contribution is 6.06. The maximum atomic E-state index is 13.1. The van der Waals surface area contributed by atoms with Crippen LogP contribution < -0.4 is 0 Å². The highest BCUT2D eigenvalue weighted by Gasteiger charge is 2.46. The zero-order chi connectivity index (χ0) is 15.0. The van der Waals surface area contributed by atoms with Crippen LogP contribution in [-0.4, -0.2) is 34.6 Å². The summed E-state index contributed by atoms with van der Waals surface area (Å²) in [5.74, 6) is -0.547. The number of nitrogens with zero attached hydrogens (tertiary/aromatic N) is 1. The molecule has 21 heavy (non-hydrogen) atoms. The van der Waals surface area contributed by atoms with E-state index in [4.69, 9.17) is 0 Å². The molecule has 0 spiro atoms. The largest absolute Gasteiger partial charge is 0.408 e. The van der Waals surface area contributed by atoms with Gasteiger partial charge in [-0.05, 0) is 25.3 Å². The van der Waals surface area contributed by atoms with Crippen molar-refractivity contribution in [1.82, 2.24) is 9.88 Å². The zero-order valence-corrected chi connectivity index (χ0v) is 11.3. The van der Waals surface area contributed by atoms with Crippen molar-refractivity contribution in [2.24, 2.45) is 0 Å². The minimum absolute atomic E-state index is 0.0163. The Morgan fingerprint density at radius 3 is 2.76 bits per heavy atom. The van der Waals surface area contributed by atoms with Gasteiger partial charge in [-0.15, -0.1) is 0 Å². The van der Waals surface area contributed by atoms with Crippen molar-refractivity contribution >= 4 is 16.8 Å². The zero-order valence-electron chi connectivity index (χ0n) is 11.3. The normalized spacial score (nSPS) is 20.0. The third-order valence-corrected chi connectivity index (χ3v) is 3.96. The van der Waals surface area contributed by atoms with Crippen LogP contribution in [0.25, 0.3) is 10.9 Å². The summed E-state index contributed by atoms with van der Waals surface area (Å²) >= 11 is 0. The SMILES string of the molecule is O=C(c1c[nH]c2ccccc12)N1CCCCC1C(F)(F)F. The summed E-state index contributed by atoms with van der Waals surface area (Å²) in [6.07, 6.45) is -1.78. The molecule has 1 aliphatic rings. The Balaban J connectivity index is 1.96. The average molecular weight is 296 g/mol. The van der Waals surface area contributed by atoms with Crippen molar-refractivity contribution < 1.29 is 18.0 Å². The summed E-state index contributed by atoms with van der Waals surface area (Å²) in [5.41, 5.74) is 1.06. The molecule has 2 aromatic rings. The summed E-state index contributed by atoms with van der Waals surface area (Å²) in [4.78, 5) is 16.4. The molecule has 6 heteroatoms. The number of aromatic amines is 1. The molecular weight excluding hydrogens is 281 g/mol. The number of para-hydroxylation sites is 1. The van der Waals surface area contributed by atoms with E-state index in [1.54, 1.807) is 18.2 Å². The second kappa shape index (κ2) is 5.09. The highest BCUT2D eigenvalue weighted by atomic mass is 19.4. The quantitative estimate of drug-likeness (QED) is 0.855. The van der Waals surface area contributed by atoms with Crippen molar-refractivity contribution in [2.75, 3.05) is 6.54 Å². The van der Waals surface area contributed by atoms with Gasteiger partial charge in [0.2, 0.25) is 0 Å².